The molecule has 1 aromatic rings. The second-order valence-corrected chi connectivity index (χ2v) is 5.33. The molecule has 3 nitrogen and oxygen atoms in total. The molecule has 0 aliphatic heterocycles. The van der Waals surface area contributed by atoms with Crippen molar-refractivity contribution < 1.29 is 14.3 Å². The molecule has 0 radical (unpaired) electrons. The Balaban J connectivity index is 2.69. The zero-order valence-electron chi connectivity index (χ0n) is 10.5. The fourth-order valence-electron chi connectivity index (χ4n) is 1.48. The third kappa shape index (κ3) is 3.96. The topological polar surface area (TPSA) is 49.3 Å². The van der Waals surface area contributed by atoms with E-state index in [-0.39, 0.29) is 22.6 Å². The zero-order valence-corrected chi connectivity index (χ0v) is 11.2. The first-order valence-electron chi connectivity index (χ1n) is 5.70. The van der Waals surface area contributed by atoms with Crippen LogP contribution in [-0.4, -0.2) is 24.2 Å². The molecule has 0 bridgehead atoms. The lowest BCUT2D eigenvalue weighted by Gasteiger charge is -2.23. The summed E-state index contributed by atoms with van der Waals surface area (Å²) in [4.78, 5) is 11.8. The Morgan fingerprint density at radius 1 is 1.50 bits per heavy atom. The number of aliphatic hydroxyl groups is 1. The van der Waals surface area contributed by atoms with E-state index in [0.717, 1.165) is 0 Å². The van der Waals surface area contributed by atoms with Gasteiger partial charge in [-0.1, -0.05) is 31.5 Å². The van der Waals surface area contributed by atoms with Crippen LogP contribution in [0.5, 0.6) is 0 Å². The van der Waals surface area contributed by atoms with Crippen LogP contribution in [0.1, 0.15) is 30.6 Å². The number of carbonyl (C=O) groups excluding carboxylic acids is 1. The molecule has 5 heteroatoms. The Morgan fingerprint density at radius 3 is 2.78 bits per heavy atom. The van der Waals surface area contributed by atoms with E-state index in [1.54, 1.807) is 0 Å². The van der Waals surface area contributed by atoms with Crippen molar-refractivity contribution in [2.24, 2.45) is 5.41 Å². The maximum Gasteiger partial charge on any atom is 0.254 e. The SMILES string of the molecule is CC(C)(CCO)CNC(=O)c1cccc(Cl)c1F. The number of halogens is 2. The van der Waals surface area contributed by atoms with Crippen LogP contribution in [0.2, 0.25) is 5.02 Å². The Labute approximate surface area is 111 Å². The molecule has 0 aromatic heterocycles. The number of aliphatic hydroxyl groups excluding tert-OH is 1. The third-order valence-corrected chi connectivity index (χ3v) is 3.00. The second kappa shape index (κ2) is 6.16. The molecule has 18 heavy (non-hydrogen) atoms. The van der Waals surface area contributed by atoms with Crippen molar-refractivity contribution in [3.8, 4) is 0 Å². The highest BCUT2D eigenvalue weighted by atomic mass is 35.5. The van der Waals surface area contributed by atoms with Gasteiger partial charge in [-0.3, -0.25) is 4.79 Å². The summed E-state index contributed by atoms with van der Waals surface area (Å²) in [6, 6.07) is 4.30. The summed E-state index contributed by atoms with van der Waals surface area (Å²) < 4.78 is 13.6. The van der Waals surface area contributed by atoms with Crippen LogP contribution in [0.25, 0.3) is 0 Å². The van der Waals surface area contributed by atoms with E-state index in [2.05, 4.69) is 5.32 Å². The molecule has 0 aliphatic rings. The number of nitrogens with one attached hydrogen (secondary N) is 1. The van der Waals surface area contributed by atoms with Crippen LogP contribution in [0.3, 0.4) is 0 Å². The van der Waals surface area contributed by atoms with Gasteiger partial charge in [0.05, 0.1) is 10.6 Å². The number of hydrogen-bond acceptors (Lipinski definition) is 2. The number of hydrogen-bond donors (Lipinski definition) is 2. The molecule has 0 aliphatic carbocycles. The summed E-state index contributed by atoms with van der Waals surface area (Å²) in [5.41, 5.74) is -0.304. The molecule has 0 saturated carbocycles. The molecule has 0 saturated heterocycles. The van der Waals surface area contributed by atoms with Gasteiger partial charge in [0.1, 0.15) is 0 Å². The molecule has 0 atom stereocenters. The van der Waals surface area contributed by atoms with E-state index >= 15 is 0 Å². The van der Waals surface area contributed by atoms with Crippen LogP contribution in [0, 0.1) is 11.2 Å². The van der Waals surface area contributed by atoms with Crippen LogP contribution < -0.4 is 5.32 Å². The fourth-order valence-corrected chi connectivity index (χ4v) is 1.66. The molecule has 0 fully saturated rings. The molecular formula is C13H17ClFNO2. The van der Waals surface area contributed by atoms with Crippen LogP contribution in [0.4, 0.5) is 4.39 Å². The molecule has 1 amide bonds. The van der Waals surface area contributed by atoms with Gasteiger partial charge in [0.25, 0.3) is 5.91 Å². The minimum Gasteiger partial charge on any atom is -0.396 e. The van der Waals surface area contributed by atoms with Crippen molar-refractivity contribution in [3.05, 3.63) is 34.6 Å². The number of benzene rings is 1. The Bertz CT molecular complexity index is 435. The van der Waals surface area contributed by atoms with Gasteiger partial charge in [-0.05, 0) is 24.0 Å². The van der Waals surface area contributed by atoms with Gasteiger partial charge in [0, 0.05) is 13.2 Å². The highest BCUT2D eigenvalue weighted by Gasteiger charge is 2.20. The summed E-state index contributed by atoms with van der Waals surface area (Å²) in [5.74, 6) is -1.21. The van der Waals surface area contributed by atoms with Gasteiger partial charge in [-0.15, -0.1) is 0 Å². The minimum atomic E-state index is -0.711. The van der Waals surface area contributed by atoms with Gasteiger partial charge < -0.3 is 10.4 Å². The monoisotopic (exact) mass is 273 g/mol. The van der Waals surface area contributed by atoms with E-state index in [4.69, 9.17) is 16.7 Å². The van der Waals surface area contributed by atoms with Crippen molar-refractivity contribution in [2.45, 2.75) is 20.3 Å². The van der Waals surface area contributed by atoms with Crippen molar-refractivity contribution in [1.29, 1.82) is 0 Å². The van der Waals surface area contributed by atoms with Crippen molar-refractivity contribution >= 4 is 17.5 Å². The van der Waals surface area contributed by atoms with Crippen molar-refractivity contribution in [3.63, 3.8) is 0 Å². The molecule has 0 spiro atoms. The van der Waals surface area contributed by atoms with E-state index in [1.165, 1.54) is 18.2 Å². The first-order chi connectivity index (χ1) is 8.37. The van der Waals surface area contributed by atoms with Gasteiger partial charge in [-0.25, -0.2) is 4.39 Å². The van der Waals surface area contributed by atoms with E-state index in [0.29, 0.717) is 13.0 Å². The largest absolute Gasteiger partial charge is 0.396 e. The van der Waals surface area contributed by atoms with Crippen LogP contribution in [0.15, 0.2) is 18.2 Å². The maximum atomic E-state index is 13.6. The fraction of sp³-hybridized carbons (Fsp3) is 0.462. The molecule has 2 N–H and O–H groups in total. The summed E-state index contributed by atoms with van der Waals surface area (Å²) in [6.07, 6.45) is 0.561. The first-order valence-corrected chi connectivity index (χ1v) is 6.08. The lowest BCUT2D eigenvalue weighted by atomic mass is 9.89. The average Bonchev–Trinajstić information content (AvgIpc) is 2.30. The molecule has 0 heterocycles. The highest BCUT2D eigenvalue weighted by molar-refractivity contribution is 6.31. The Kier molecular flexibility index (Phi) is 5.11. The van der Waals surface area contributed by atoms with Gasteiger partial charge in [0.2, 0.25) is 0 Å². The number of rotatable bonds is 5. The van der Waals surface area contributed by atoms with Crippen LogP contribution in [-0.2, 0) is 0 Å². The van der Waals surface area contributed by atoms with E-state index in [9.17, 15) is 9.18 Å². The molecule has 1 rings (SSSR count). The normalized spacial score (nSPS) is 11.4. The highest BCUT2D eigenvalue weighted by Crippen LogP contribution is 2.20. The maximum absolute atomic E-state index is 13.6. The van der Waals surface area contributed by atoms with Gasteiger partial charge in [0.15, 0.2) is 5.82 Å². The van der Waals surface area contributed by atoms with E-state index < -0.39 is 11.7 Å². The number of carbonyl (C=O) groups is 1. The smallest absolute Gasteiger partial charge is 0.254 e. The Hall–Kier alpha value is -1.13. The Morgan fingerprint density at radius 2 is 2.17 bits per heavy atom. The predicted octanol–water partition coefficient (Wildman–Crippen LogP) is 2.62. The molecular weight excluding hydrogens is 257 g/mol. The quantitative estimate of drug-likeness (QED) is 0.866. The van der Waals surface area contributed by atoms with Crippen molar-refractivity contribution in [1.82, 2.24) is 5.32 Å². The number of amides is 1. The summed E-state index contributed by atoms with van der Waals surface area (Å²) >= 11 is 5.61. The summed E-state index contributed by atoms with van der Waals surface area (Å²) in [6.45, 7) is 4.24. The van der Waals surface area contributed by atoms with Gasteiger partial charge in [-0.2, -0.15) is 0 Å². The third-order valence-electron chi connectivity index (χ3n) is 2.71. The summed E-state index contributed by atoms with van der Waals surface area (Å²) in [5, 5.41) is 11.4. The van der Waals surface area contributed by atoms with Crippen molar-refractivity contribution in [2.75, 3.05) is 13.2 Å². The van der Waals surface area contributed by atoms with E-state index in [1.807, 2.05) is 13.8 Å². The second-order valence-electron chi connectivity index (χ2n) is 4.92. The molecule has 0 unspecified atom stereocenters. The van der Waals surface area contributed by atoms with Crippen LogP contribution >= 0.6 is 11.6 Å². The standard InChI is InChI=1S/C13H17ClFNO2/c1-13(2,6-7-17)8-16-12(18)9-4-3-5-10(14)11(9)15/h3-5,17H,6-8H2,1-2H3,(H,16,18). The summed E-state index contributed by atoms with van der Waals surface area (Å²) in [7, 11) is 0. The minimum absolute atomic E-state index is 0.0500. The lowest BCUT2D eigenvalue weighted by Crippen LogP contribution is -2.35. The predicted molar refractivity (Wildman–Crippen MR) is 69.2 cm³/mol. The zero-order chi connectivity index (χ0) is 13.8. The molecule has 100 valence electrons. The van der Waals surface area contributed by atoms with Gasteiger partial charge >= 0.3 is 0 Å². The average molecular weight is 274 g/mol. The lowest BCUT2D eigenvalue weighted by molar-refractivity contribution is 0.0924. The molecule has 1 aromatic carbocycles. The first kappa shape index (κ1) is 14.9.